The summed E-state index contributed by atoms with van der Waals surface area (Å²) in [5, 5.41) is 3.96. The third kappa shape index (κ3) is 1.49. The lowest BCUT2D eigenvalue weighted by molar-refractivity contribution is -0.110. The van der Waals surface area contributed by atoms with Gasteiger partial charge >= 0.3 is 0 Å². The van der Waals surface area contributed by atoms with Crippen molar-refractivity contribution in [3.63, 3.8) is 0 Å². The van der Waals surface area contributed by atoms with Crippen LogP contribution in [0, 0.1) is 13.1 Å². The summed E-state index contributed by atoms with van der Waals surface area (Å²) >= 11 is 0. The Balaban J connectivity index is 2.98. The molecule has 1 rings (SSSR count). The van der Waals surface area contributed by atoms with E-state index in [1.807, 2.05) is 14.0 Å². The van der Waals surface area contributed by atoms with E-state index >= 15 is 0 Å². The van der Waals surface area contributed by atoms with Gasteiger partial charge in [0.25, 0.3) is 0 Å². The van der Waals surface area contributed by atoms with E-state index in [0.717, 1.165) is 11.3 Å². The third-order valence-corrected chi connectivity index (χ3v) is 1.75. The van der Waals surface area contributed by atoms with Crippen LogP contribution < -0.4 is 0 Å². The molecule has 0 aliphatic heterocycles. The number of nitrogens with zero attached hydrogens (tertiary/aromatic N) is 2. The summed E-state index contributed by atoms with van der Waals surface area (Å²) in [6.07, 6.45) is 2.49. The van der Waals surface area contributed by atoms with Gasteiger partial charge in [-0.15, -0.1) is 0 Å². The van der Waals surface area contributed by atoms with Gasteiger partial charge in [0.05, 0.1) is 5.69 Å². The average Bonchev–Trinajstić information content (AvgIpc) is 2.38. The van der Waals surface area contributed by atoms with Gasteiger partial charge in [-0.1, -0.05) is 0 Å². The molecule has 0 aromatic carbocycles. The highest BCUT2D eigenvalue weighted by atomic mass is 16.7. The van der Waals surface area contributed by atoms with Crippen molar-refractivity contribution < 1.29 is 9.47 Å². The highest BCUT2D eigenvalue weighted by Crippen LogP contribution is 2.19. The summed E-state index contributed by atoms with van der Waals surface area (Å²) in [5.74, 6) is 0. The summed E-state index contributed by atoms with van der Waals surface area (Å²) < 4.78 is 11.9. The van der Waals surface area contributed by atoms with Crippen LogP contribution in [0.5, 0.6) is 0 Å². The maximum Gasteiger partial charge on any atom is 0.200 e. The molecule has 0 atom stereocenters. The van der Waals surface area contributed by atoms with E-state index in [2.05, 4.69) is 11.3 Å². The van der Waals surface area contributed by atoms with Crippen molar-refractivity contribution in [3.05, 3.63) is 17.5 Å². The highest BCUT2D eigenvalue weighted by Gasteiger charge is 2.16. The average molecular weight is 169 g/mol. The molecule has 67 valence electrons. The van der Waals surface area contributed by atoms with E-state index in [4.69, 9.17) is 9.47 Å². The van der Waals surface area contributed by atoms with Crippen LogP contribution in [0.2, 0.25) is 0 Å². The van der Waals surface area contributed by atoms with Gasteiger partial charge < -0.3 is 9.47 Å². The smallest absolute Gasteiger partial charge is 0.200 e. The van der Waals surface area contributed by atoms with Crippen molar-refractivity contribution in [3.8, 4) is 0 Å². The van der Waals surface area contributed by atoms with Crippen molar-refractivity contribution in [1.82, 2.24) is 9.78 Å². The van der Waals surface area contributed by atoms with Gasteiger partial charge in [0.2, 0.25) is 6.29 Å². The van der Waals surface area contributed by atoms with Crippen LogP contribution in [0.3, 0.4) is 0 Å². The molecule has 1 radical (unpaired) electrons. The zero-order valence-electron chi connectivity index (χ0n) is 7.79. The van der Waals surface area contributed by atoms with Crippen LogP contribution in [0.15, 0.2) is 0 Å². The molecule has 0 bridgehead atoms. The van der Waals surface area contributed by atoms with Gasteiger partial charge in [0, 0.05) is 26.8 Å². The molecule has 0 saturated heterocycles. The van der Waals surface area contributed by atoms with Gasteiger partial charge in [0.15, 0.2) is 0 Å². The fourth-order valence-electron chi connectivity index (χ4n) is 1.15. The lowest BCUT2D eigenvalue weighted by Crippen LogP contribution is -2.10. The van der Waals surface area contributed by atoms with E-state index in [9.17, 15) is 0 Å². The number of hydrogen-bond donors (Lipinski definition) is 0. The summed E-state index contributed by atoms with van der Waals surface area (Å²) in [4.78, 5) is 0. The molecule has 12 heavy (non-hydrogen) atoms. The normalized spacial score (nSPS) is 11.1. The number of ether oxygens (including phenoxy) is 2. The lowest BCUT2D eigenvalue weighted by atomic mass is 10.3. The van der Waals surface area contributed by atoms with E-state index in [1.165, 1.54) is 0 Å². The Hall–Kier alpha value is -0.870. The summed E-state index contributed by atoms with van der Waals surface area (Å²) in [6, 6.07) is 0. The zero-order chi connectivity index (χ0) is 9.14. The highest BCUT2D eigenvalue weighted by molar-refractivity contribution is 5.15. The standard InChI is InChI=1S/C8H13N2O2/c1-6-5-9-10(2)7(6)8(11-3)12-4/h8H,1-4H3. The summed E-state index contributed by atoms with van der Waals surface area (Å²) in [5.41, 5.74) is 1.85. The second kappa shape index (κ2) is 3.69. The number of methoxy groups -OCH3 is 2. The first-order chi connectivity index (χ1) is 5.70. The van der Waals surface area contributed by atoms with Crippen molar-refractivity contribution >= 4 is 0 Å². The second-order valence-corrected chi connectivity index (χ2v) is 2.55. The van der Waals surface area contributed by atoms with Crippen molar-refractivity contribution in [2.75, 3.05) is 14.2 Å². The lowest BCUT2D eigenvalue weighted by Gasteiger charge is -2.14. The van der Waals surface area contributed by atoms with Crippen molar-refractivity contribution in [2.24, 2.45) is 7.05 Å². The van der Waals surface area contributed by atoms with Gasteiger partial charge in [-0.25, -0.2) is 0 Å². The van der Waals surface area contributed by atoms with Crippen LogP contribution >= 0.6 is 0 Å². The maximum atomic E-state index is 5.10. The second-order valence-electron chi connectivity index (χ2n) is 2.55. The molecule has 1 heterocycles. The molecule has 1 aromatic rings. The zero-order valence-corrected chi connectivity index (χ0v) is 7.79. The number of aryl methyl sites for hydroxylation is 2. The molecule has 0 aliphatic carbocycles. The predicted molar refractivity (Wildman–Crippen MR) is 43.5 cm³/mol. The van der Waals surface area contributed by atoms with Crippen LogP contribution in [0.4, 0.5) is 0 Å². The largest absolute Gasteiger partial charge is 0.350 e. The number of hydrogen-bond acceptors (Lipinski definition) is 3. The summed E-state index contributed by atoms with van der Waals surface area (Å²) in [6.45, 7) is 1.92. The van der Waals surface area contributed by atoms with E-state index in [1.54, 1.807) is 18.9 Å². The molecule has 4 heteroatoms. The Labute approximate surface area is 72.1 Å². The molecule has 0 N–H and O–H groups in total. The van der Waals surface area contributed by atoms with Gasteiger partial charge in [0.1, 0.15) is 6.20 Å². The van der Waals surface area contributed by atoms with Gasteiger partial charge in [-0.2, -0.15) is 5.10 Å². The molecule has 4 nitrogen and oxygen atoms in total. The quantitative estimate of drug-likeness (QED) is 0.628. The molecule has 1 aromatic heterocycles. The van der Waals surface area contributed by atoms with E-state index in [0.29, 0.717) is 0 Å². The van der Waals surface area contributed by atoms with Crippen LogP contribution in [0.1, 0.15) is 17.5 Å². The molecule has 0 amide bonds. The Morgan fingerprint density at radius 3 is 2.33 bits per heavy atom. The molecule has 0 spiro atoms. The first-order valence-corrected chi connectivity index (χ1v) is 3.67. The fourth-order valence-corrected chi connectivity index (χ4v) is 1.15. The first-order valence-electron chi connectivity index (χ1n) is 3.67. The van der Waals surface area contributed by atoms with E-state index in [-0.39, 0.29) is 6.29 Å². The topological polar surface area (TPSA) is 36.3 Å². The van der Waals surface area contributed by atoms with Crippen LogP contribution in [-0.4, -0.2) is 24.0 Å². The van der Waals surface area contributed by atoms with E-state index < -0.39 is 0 Å². The molecule has 0 aliphatic rings. The number of rotatable bonds is 3. The minimum Gasteiger partial charge on any atom is -0.350 e. The first kappa shape index (κ1) is 9.22. The Bertz CT molecular complexity index is 234. The Kier molecular flexibility index (Phi) is 2.83. The predicted octanol–water partition coefficient (Wildman–Crippen LogP) is 0.820. The molecular formula is C8H13N2O2. The molecular weight excluding hydrogens is 156 g/mol. The Morgan fingerprint density at radius 1 is 1.42 bits per heavy atom. The molecule has 0 saturated carbocycles. The minimum absolute atomic E-state index is 0.353. The maximum absolute atomic E-state index is 5.10. The van der Waals surface area contributed by atoms with Gasteiger partial charge in [-0.3, -0.25) is 4.68 Å². The Morgan fingerprint density at radius 2 is 2.00 bits per heavy atom. The van der Waals surface area contributed by atoms with Crippen molar-refractivity contribution in [2.45, 2.75) is 13.2 Å². The van der Waals surface area contributed by atoms with Crippen molar-refractivity contribution in [1.29, 1.82) is 0 Å². The monoisotopic (exact) mass is 169 g/mol. The van der Waals surface area contributed by atoms with Gasteiger partial charge in [-0.05, 0) is 6.92 Å². The molecule has 0 fully saturated rings. The van der Waals surface area contributed by atoms with Crippen LogP contribution in [-0.2, 0) is 16.5 Å². The minimum atomic E-state index is -0.353. The third-order valence-electron chi connectivity index (χ3n) is 1.75. The fraction of sp³-hybridized carbons (Fsp3) is 0.625. The number of aromatic nitrogens is 2. The summed E-state index contributed by atoms with van der Waals surface area (Å²) in [7, 11) is 5.03. The molecule has 0 unspecified atom stereocenters. The SMILES string of the molecule is COC(OC)c1c(C)[c]nn1C. The van der Waals surface area contributed by atoms with Crippen LogP contribution in [0.25, 0.3) is 0 Å².